The molecule has 0 fully saturated rings. The Morgan fingerprint density at radius 1 is 1.13 bits per heavy atom. The summed E-state index contributed by atoms with van der Waals surface area (Å²) in [6, 6.07) is 3.62. The molecular weight excluding hydrogens is 210 g/mol. The number of hydrogen-bond donors (Lipinski definition) is 1. The van der Waals surface area contributed by atoms with Crippen LogP contribution in [0.25, 0.3) is 0 Å². The van der Waals surface area contributed by atoms with Gasteiger partial charge in [0.05, 0.1) is 0 Å². The van der Waals surface area contributed by atoms with Gasteiger partial charge in [-0.3, -0.25) is 0 Å². The molecule has 0 atom stereocenters. The lowest BCUT2D eigenvalue weighted by molar-refractivity contribution is 0.418. The molecule has 3 nitrogen and oxygen atoms in total. The standard InChI is InChI=1S/C11H18ClN3/c1-4-11(5-2,6-3)13-10-8-7-9(12)14-15-10/h7-8H,4-6H2,1-3H3,(H,13,15). The third-order valence-electron chi connectivity index (χ3n) is 3.06. The monoisotopic (exact) mass is 227 g/mol. The molecule has 0 saturated heterocycles. The second-order valence-electron chi connectivity index (χ2n) is 3.71. The van der Waals surface area contributed by atoms with Gasteiger partial charge in [-0.2, -0.15) is 0 Å². The van der Waals surface area contributed by atoms with Gasteiger partial charge in [0.2, 0.25) is 0 Å². The fraction of sp³-hybridized carbons (Fsp3) is 0.636. The second kappa shape index (κ2) is 5.31. The van der Waals surface area contributed by atoms with Gasteiger partial charge in [-0.15, -0.1) is 10.2 Å². The maximum Gasteiger partial charge on any atom is 0.151 e. The number of halogens is 1. The average Bonchev–Trinajstić information content (AvgIpc) is 2.29. The van der Waals surface area contributed by atoms with Gasteiger partial charge in [0.1, 0.15) is 5.82 Å². The van der Waals surface area contributed by atoms with Crippen LogP contribution in [0.3, 0.4) is 0 Å². The van der Waals surface area contributed by atoms with Crippen molar-refractivity contribution in [1.82, 2.24) is 10.2 Å². The zero-order chi connectivity index (χ0) is 11.3. The lowest BCUT2D eigenvalue weighted by atomic mass is 9.90. The summed E-state index contributed by atoms with van der Waals surface area (Å²) in [6.45, 7) is 6.55. The number of nitrogens with zero attached hydrogens (tertiary/aromatic N) is 2. The van der Waals surface area contributed by atoms with Crippen molar-refractivity contribution in [2.75, 3.05) is 5.32 Å². The first-order valence-electron chi connectivity index (χ1n) is 5.43. The molecule has 1 rings (SSSR count). The molecule has 1 heterocycles. The molecule has 4 heteroatoms. The predicted octanol–water partition coefficient (Wildman–Crippen LogP) is 3.51. The van der Waals surface area contributed by atoms with Gasteiger partial charge in [-0.1, -0.05) is 32.4 Å². The molecule has 0 aliphatic carbocycles. The van der Waals surface area contributed by atoms with Crippen LogP contribution in [0, 0.1) is 0 Å². The van der Waals surface area contributed by atoms with Crippen molar-refractivity contribution in [2.45, 2.75) is 45.6 Å². The van der Waals surface area contributed by atoms with Crippen LogP contribution in [0.2, 0.25) is 5.15 Å². The SMILES string of the molecule is CCC(CC)(CC)Nc1ccc(Cl)nn1. The van der Waals surface area contributed by atoms with Gasteiger partial charge in [0.15, 0.2) is 5.15 Å². The Labute approximate surface area is 96.2 Å². The summed E-state index contributed by atoms with van der Waals surface area (Å²) in [5.41, 5.74) is 0.127. The highest BCUT2D eigenvalue weighted by atomic mass is 35.5. The van der Waals surface area contributed by atoms with E-state index in [1.807, 2.05) is 6.07 Å². The molecule has 0 aromatic carbocycles. The van der Waals surface area contributed by atoms with Gasteiger partial charge < -0.3 is 5.32 Å². The Hall–Kier alpha value is -0.830. The third kappa shape index (κ3) is 3.06. The van der Waals surface area contributed by atoms with E-state index in [4.69, 9.17) is 11.6 Å². The van der Waals surface area contributed by atoms with E-state index in [0.717, 1.165) is 25.1 Å². The molecule has 1 aromatic rings. The molecule has 0 radical (unpaired) electrons. The van der Waals surface area contributed by atoms with Crippen LogP contribution < -0.4 is 5.32 Å². The quantitative estimate of drug-likeness (QED) is 0.837. The number of aromatic nitrogens is 2. The van der Waals surface area contributed by atoms with E-state index in [0.29, 0.717) is 5.15 Å². The van der Waals surface area contributed by atoms with Crippen LogP contribution in [-0.4, -0.2) is 15.7 Å². The van der Waals surface area contributed by atoms with Crippen molar-refractivity contribution in [1.29, 1.82) is 0 Å². The van der Waals surface area contributed by atoms with E-state index in [2.05, 4.69) is 36.3 Å². The second-order valence-corrected chi connectivity index (χ2v) is 4.09. The smallest absolute Gasteiger partial charge is 0.151 e. The van der Waals surface area contributed by atoms with Crippen molar-refractivity contribution in [3.63, 3.8) is 0 Å². The summed E-state index contributed by atoms with van der Waals surface area (Å²) >= 11 is 5.68. The minimum absolute atomic E-state index is 0.127. The van der Waals surface area contributed by atoms with Crippen molar-refractivity contribution in [2.24, 2.45) is 0 Å². The molecule has 0 unspecified atom stereocenters. The lowest BCUT2D eigenvalue weighted by Gasteiger charge is -2.32. The van der Waals surface area contributed by atoms with Crippen LogP contribution in [0.15, 0.2) is 12.1 Å². The lowest BCUT2D eigenvalue weighted by Crippen LogP contribution is -2.36. The topological polar surface area (TPSA) is 37.8 Å². The van der Waals surface area contributed by atoms with E-state index in [-0.39, 0.29) is 5.54 Å². The normalized spacial score (nSPS) is 11.5. The van der Waals surface area contributed by atoms with Gasteiger partial charge in [-0.25, -0.2) is 0 Å². The summed E-state index contributed by atoms with van der Waals surface area (Å²) in [4.78, 5) is 0. The number of rotatable bonds is 5. The fourth-order valence-corrected chi connectivity index (χ4v) is 1.77. The molecule has 1 N–H and O–H groups in total. The van der Waals surface area contributed by atoms with Crippen LogP contribution in [0.4, 0.5) is 5.82 Å². The molecule has 84 valence electrons. The van der Waals surface area contributed by atoms with Gasteiger partial charge in [0, 0.05) is 5.54 Å². The fourth-order valence-electron chi connectivity index (χ4n) is 1.67. The van der Waals surface area contributed by atoms with Gasteiger partial charge in [-0.05, 0) is 31.4 Å². The minimum Gasteiger partial charge on any atom is -0.363 e. The first kappa shape index (κ1) is 12.2. The highest BCUT2D eigenvalue weighted by Gasteiger charge is 2.23. The molecule has 0 amide bonds. The summed E-state index contributed by atoms with van der Waals surface area (Å²) in [6.07, 6.45) is 3.22. The largest absolute Gasteiger partial charge is 0.363 e. The predicted molar refractivity (Wildman–Crippen MR) is 64.3 cm³/mol. The van der Waals surface area contributed by atoms with Crippen LogP contribution in [-0.2, 0) is 0 Å². The van der Waals surface area contributed by atoms with E-state index < -0.39 is 0 Å². The highest BCUT2D eigenvalue weighted by molar-refractivity contribution is 6.29. The minimum atomic E-state index is 0.127. The summed E-state index contributed by atoms with van der Waals surface area (Å²) in [5.74, 6) is 0.796. The van der Waals surface area contributed by atoms with Gasteiger partial charge in [0.25, 0.3) is 0 Å². The Morgan fingerprint density at radius 3 is 2.13 bits per heavy atom. The maximum absolute atomic E-state index is 5.68. The third-order valence-corrected chi connectivity index (χ3v) is 3.26. The molecule has 0 bridgehead atoms. The molecule has 0 aliphatic heterocycles. The Bertz CT molecular complexity index is 285. The first-order chi connectivity index (χ1) is 7.15. The van der Waals surface area contributed by atoms with Crippen molar-refractivity contribution < 1.29 is 0 Å². The zero-order valence-corrected chi connectivity index (χ0v) is 10.3. The van der Waals surface area contributed by atoms with E-state index in [1.54, 1.807) is 6.07 Å². The summed E-state index contributed by atoms with van der Waals surface area (Å²) < 4.78 is 0. The molecular formula is C11H18ClN3. The molecule has 15 heavy (non-hydrogen) atoms. The van der Waals surface area contributed by atoms with Crippen molar-refractivity contribution in [3.8, 4) is 0 Å². The Kier molecular flexibility index (Phi) is 4.33. The van der Waals surface area contributed by atoms with Crippen LogP contribution >= 0.6 is 11.6 Å². The van der Waals surface area contributed by atoms with Crippen molar-refractivity contribution >= 4 is 17.4 Å². The summed E-state index contributed by atoms with van der Waals surface area (Å²) in [7, 11) is 0. The van der Waals surface area contributed by atoms with Crippen molar-refractivity contribution in [3.05, 3.63) is 17.3 Å². The average molecular weight is 228 g/mol. The van der Waals surface area contributed by atoms with Crippen LogP contribution in [0.1, 0.15) is 40.0 Å². The molecule has 1 aromatic heterocycles. The van der Waals surface area contributed by atoms with E-state index >= 15 is 0 Å². The van der Waals surface area contributed by atoms with E-state index in [9.17, 15) is 0 Å². The summed E-state index contributed by atoms with van der Waals surface area (Å²) in [5, 5.41) is 11.7. The first-order valence-corrected chi connectivity index (χ1v) is 5.81. The number of nitrogens with one attached hydrogen (secondary N) is 1. The molecule has 0 saturated carbocycles. The molecule has 0 spiro atoms. The maximum atomic E-state index is 5.68. The molecule has 0 aliphatic rings. The number of anilines is 1. The van der Waals surface area contributed by atoms with Gasteiger partial charge >= 0.3 is 0 Å². The Morgan fingerprint density at radius 2 is 1.73 bits per heavy atom. The van der Waals surface area contributed by atoms with Crippen LogP contribution in [0.5, 0.6) is 0 Å². The number of hydrogen-bond acceptors (Lipinski definition) is 3. The van der Waals surface area contributed by atoms with E-state index in [1.165, 1.54) is 0 Å². The highest BCUT2D eigenvalue weighted by Crippen LogP contribution is 2.24. The Balaban J connectivity index is 2.78. The zero-order valence-electron chi connectivity index (χ0n) is 9.55.